The Hall–Kier alpha value is -2.33. The molecule has 3 rings (SSSR count). The number of phenols is 1. The van der Waals surface area contributed by atoms with E-state index in [1.807, 2.05) is 43.3 Å². The highest BCUT2D eigenvalue weighted by Gasteiger charge is 2.10. The van der Waals surface area contributed by atoms with Gasteiger partial charge < -0.3 is 10.4 Å². The minimum Gasteiger partial charge on any atom is -0.508 e. The molecule has 1 aromatic heterocycles. The number of aromatic hydroxyl groups is 1. The van der Waals surface area contributed by atoms with E-state index in [9.17, 15) is 9.90 Å². The van der Waals surface area contributed by atoms with Crippen LogP contribution in [0.4, 0.5) is 5.69 Å². The number of nitrogens with one attached hydrogen (secondary N) is 1. The van der Waals surface area contributed by atoms with Gasteiger partial charge in [0.2, 0.25) is 0 Å². The number of thiophene rings is 1. The molecule has 0 atom stereocenters. The summed E-state index contributed by atoms with van der Waals surface area (Å²) in [4.78, 5) is 14.0. The van der Waals surface area contributed by atoms with E-state index in [0.717, 1.165) is 15.6 Å². The quantitative estimate of drug-likeness (QED) is 0.741. The van der Waals surface area contributed by atoms with Crippen LogP contribution in [0.2, 0.25) is 0 Å². The monoisotopic (exact) mass is 283 g/mol. The second kappa shape index (κ2) is 4.98. The fraction of sp³-hybridized carbons (Fsp3) is 0.0625. The minimum absolute atomic E-state index is 0.126. The van der Waals surface area contributed by atoms with Crippen LogP contribution in [-0.2, 0) is 0 Å². The molecule has 0 radical (unpaired) electrons. The maximum atomic E-state index is 12.2. The third-order valence-electron chi connectivity index (χ3n) is 3.08. The van der Waals surface area contributed by atoms with Gasteiger partial charge in [0.1, 0.15) is 5.75 Å². The van der Waals surface area contributed by atoms with Crippen molar-refractivity contribution in [2.45, 2.75) is 6.92 Å². The molecule has 0 spiro atoms. The van der Waals surface area contributed by atoms with Crippen molar-refractivity contribution < 1.29 is 9.90 Å². The van der Waals surface area contributed by atoms with Gasteiger partial charge in [0.25, 0.3) is 5.91 Å². The van der Waals surface area contributed by atoms with Gasteiger partial charge in [0.15, 0.2) is 0 Å². The van der Waals surface area contributed by atoms with Gasteiger partial charge in [0.05, 0.1) is 4.88 Å². The SMILES string of the molecule is Cc1ccc(C(=O)Nc2cccc3ccc(O)cc23)s1. The molecular formula is C16H13NO2S. The van der Waals surface area contributed by atoms with E-state index in [1.54, 1.807) is 12.1 Å². The summed E-state index contributed by atoms with van der Waals surface area (Å²) >= 11 is 1.46. The average Bonchev–Trinajstić information content (AvgIpc) is 2.86. The average molecular weight is 283 g/mol. The molecule has 20 heavy (non-hydrogen) atoms. The van der Waals surface area contributed by atoms with Crippen molar-refractivity contribution >= 4 is 33.7 Å². The van der Waals surface area contributed by atoms with Crippen LogP contribution in [-0.4, -0.2) is 11.0 Å². The van der Waals surface area contributed by atoms with Crippen LogP contribution in [0, 0.1) is 6.92 Å². The zero-order valence-electron chi connectivity index (χ0n) is 10.9. The van der Waals surface area contributed by atoms with Crippen molar-refractivity contribution in [3.8, 4) is 5.75 Å². The number of aryl methyl sites for hydroxylation is 1. The smallest absolute Gasteiger partial charge is 0.265 e. The second-order valence-electron chi connectivity index (χ2n) is 4.58. The van der Waals surface area contributed by atoms with Crippen LogP contribution in [0.5, 0.6) is 5.75 Å². The Kier molecular flexibility index (Phi) is 3.16. The van der Waals surface area contributed by atoms with E-state index >= 15 is 0 Å². The second-order valence-corrected chi connectivity index (χ2v) is 5.86. The number of amides is 1. The van der Waals surface area contributed by atoms with E-state index in [-0.39, 0.29) is 11.7 Å². The first-order valence-corrected chi connectivity index (χ1v) is 7.05. The van der Waals surface area contributed by atoms with Crippen LogP contribution in [0.15, 0.2) is 48.5 Å². The molecule has 3 nitrogen and oxygen atoms in total. The maximum absolute atomic E-state index is 12.2. The molecule has 2 aromatic carbocycles. The highest BCUT2D eigenvalue weighted by atomic mass is 32.1. The first kappa shape index (κ1) is 12.7. The van der Waals surface area contributed by atoms with Gasteiger partial charge >= 0.3 is 0 Å². The molecule has 0 fully saturated rings. The lowest BCUT2D eigenvalue weighted by Gasteiger charge is -2.08. The van der Waals surface area contributed by atoms with Crippen molar-refractivity contribution in [1.29, 1.82) is 0 Å². The van der Waals surface area contributed by atoms with Crippen molar-refractivity contribution in [3.05, 3.63) is 58.3 Å². The Bertz CT molecular complexity index is 792. The summed E-state index contributed by atoms with van der Waals surface area (Å²) in [6.45, 7) is 1.97. The van der Waals surface area contributed by atoms with Crippen molar-refractivity contribution in [2.75, 3.05) is 5.32 Å². The van der Waals surface area contributed by atoms with Gasteiger partial charge in [-0.1, -0.05) is 18.2 Å². The molecular weight excluding hydrogens is 270 g/mol. The number of anilines is 1. The van der Waals surface area contributed by atoms with E-state index in [1.165, 1.54) is 11.3 Å². The number of rotatable bonds is 2. The van der Waals surface area contributed by atoms with Gasteiger partial charge in [0, 0.05) is 16.0 Å². The molecule has 4 heteroatoms. The normalized spacial score (nSPS) is 10.7. The van der Waals surface area contributed by atoms with Crippen molar-refractivity contribution in [2.24, 2.45) is 0 Å². The number of hydrogen-bond acceptors (Lipinski definition) is 3. The van der Waals surface area contributed by atoms with E-state index in [0.29, 0.717) is 10.6 Å². The van der Waals surface area contributed by atoms with Crippen LogP contribution in [0.3, 0.4) is 0 Å². The lowest BCUT2D eigenvalue weighted by Crippen LogP contribution is -2.10. The standard InChI is InChI=1S/C16H13NO2S/c1-10-5-8-15(20-10)16(19)17-14-4-2-3-11-6-7-12(18)9-13(11)14/h2-9,18H,1H3,(H,17,19). The number of benzene rings is 2. The maximum Gasteiger partial charge on any atom is 0.265 e. The van der Waals surface area contributed by atoms with Gasteiger partial charge in [-0.05, 0) is 42.6 Å². The fourth-order valence-electron chi connectivity index (χ4n) is 2.11. The summed E-state index contributed by atoms with van der Waals surface area (Å²) in [7, 11) is 0. The molecule has 100 valence electrons. The van der Waals surface area contributed by atoms with Crippen LogP contribution >= 0.6 is 11.3 Å². The predicted molar refractivity (Wildman–Crippen MR) is 82.6 cm³/mol. The number of carbonyl (C=O) groups excluding carboxylic acids is 1. The van der Waals surface area contributed by atoms with Gasteiger partial charge in [-0.15, -0.1) is 11.3 Å². The third-order valence-corrected chi connectivity index (χ3v) is 4.08. The Morgan fingerprint density at radius 1 is 1.15 bits per heavy atom. The topological polar surface area (TPSA) is 49.3 Å². The van der Waals surface area contributed by atoms with Crippen LogP contribution < -0.4 is 5.32 Å². The third kappa shape index (κ3) is 2.38. The highest BCUT2D eigenvalue weighted by molar-refractivity contribution is 7.14. The molecule has 2 N–H and O–H groups in total. The van der Waals surface area contributed by atoms with Crippen molar-refractivity contribution in [3.63, 3.8) is 0 Å². The number of carbonyl (C=O) groups is 1. The van der Waals surface area contributed by atoms with Crippen LogP contribution in [0.25, 0.3) is 10.8 Å². The Balaban J connectivity index is 1.98. The van der Waals surface area contributed by atoms with E-state index in [4.69, 9.17) is 0 Å². The van der Waals surface area contributed by atoms with Crippen LogP contribution in [0.1, 0.15) is 14.5 Å². The predicted octanol–water partition coefficient (Wildman–Crippen LogP) is 4.17. The molecule has 0 saturated carbocycles. The molecule has 3 aromatic rings. The van der Waals surface area contributed by atoms with Gasteiger partial charge in [-0.25, -0.2) is 0 Å². The molecule has 0 aliphatic heterocycles. The van der Waals surface area contributed by atoms with Crippen molar-refractivity contribution in [1.82, 2.24) is 0 Å². The summed E-state index contributed by atoms with van der Waals surface area (Å²) < 4.78 is 0. The van der Waals surface area contributed by atoms with E-state index in [2.05, 4.69) is 5.32 Å². The number of fused-ring (bicyclic) bond motifs is 1. The summed E-state index contributed by atoms with van der Waals surface area (Å²) in [5, 5.41) is 14.3. The Morgan fingerprint density at radius 2 is 2.00 bits per heavy atom. The summed E-state index contributed by atoms with van der Waals surface area (Å²) in [6.07, 6.45) is 0. The number of phenolic OH excluding ortho intramolecular Hbond substituents is 1. The molecule has 0 bridgehead atoms. The highest BCUT2D eigenvalue weighted by Crippen LogP contribution is 2.27. The fourth-order valence-corrected chi connectivity index (χ4v) is 2.87. The molecule has 0 saturated heterocycles. The Morgan fingerprint density at radius 3 is 2.75 bits per heavy atom. The zero-order valence-corrected chi connectivity index (χ0v) is 11.7. The lowest BCUT2D eigenvalue weighted by atomic mass is 10.1. The largest absolute Gasteiger partial charge is 0.508 e. The molecule has 1 heterocycles. The number of hydrogen-bond donors (Lipinski definition) is 2. The summed E-state index contributed by atoms with van der Waals surface area (Å²) in [6, 6.07) is 14.5. The lowest BCUT2D eigenvalue weighted by molar-refractivity contribution is 0.103. The molecule has 1 amide bonds. The summed E-state index contributed by atoms with van der Waals surface area (Å²) in [5.41, 5.74) is 0.703. The molecule has 0 aliphatic rings. The van der Waals surface area contributed by atoms with Gasteiger partial charge in [-0.2, -0.15) is 0 Å². The summed E-state index contributed by atoms with van der Waals surface area (Å²) in [5.74, 6) is 0.0603. The Labute approximate surface area is 120 Å². The first-order chi connectivity index (χ1) is 9.63. The zero-order chi connectivity index (χ0) is 14.1. The molecule has 0 aliphatic carbocycles. The first-order valence-electron chi connectivity index (χ1n) is 6.23. The minimum atomic E-state index is -0.126. The van der Waals surface area contributed by atoms with Gasteiger partial charge in [-0.3, -0.25) is 4.79 Å². The molecule has 0 unspecified atom stereocenters. The van der Waals surface area contributed by atoms with E-state index < -0.39 is 0 Å².